The summed E-state index contributed by atoms with van der Waals surface area (Å²) in [5.74, 6) is 0.581. The summed E-state index contributed by atoms with van der Waals surface area (Å²) in [6.07, 6.45) is 2.26. The number of aliphatic imine (C=N–C) groups is 1. The number of Topliss-reactive ketones (excluding diaryl/α,β-unsaturated/α-hetero) is 1. The van der Waals surface area contributed by atoms with Crippen molar-refractivity contribution in [3.63, 3.8) is 0 Å². The van der Waals surface area contributed by atoms with Crippen molar-refractivity contribution in [1.29, 1.82) is 0 Å². The molecule has 0 aliphatic heterocycles. The molecule has 1 aliphatic rings. The van der Waals surface area contributed by atoms with Crippen molar-refractivity contribution >= 4 is 23.6 Å². The highest BCUT2D eigenvalue weighted by atomic mass is 16.5. The number of carbonyl (C=O) groups excluding carboxylic acids is 3. The Labute approximate surface area is 234 Å². The van der Waals surface area contributed by atoms with Gasteiger partial charge in [0.15, 0.2) is 5.78 Å². The van der Waals surface area contributed by atoms with E-state index in [4.69, 9.17) is 15.2 Å². The summed E-state index contributed by atoms with van der Waals surface area (Å²) in [5.41, 5.74) is 8.35. The van der Waals surface area contributed by atoms with Crippen molar-refractivity contribution in [2.45, 2.75) is 57.8 Å². The first kappa shape index (κ1) is 28.5. The number of ketones is 1. The van der Waals surface area contributed by atoms with E-state index in [9.17, 15) is 14.4 Å². The fourth-order valence-electron chi connectivity index (χ4n) is 4.63. The third-order valence-electron chi connectivity index (χ3n) is 6.97. The predicted molar refractivity (Wildman–Crippen MR) is 153 cm³/mol. The van der Waals surface area contributed by atoms with E-state index in [1.54, 1.807) is 19.1 Å². The lowest BCUT2D eigenvalue weighted by Gasteiger charge is -2.17. The van der Waals surface area contributed by atoms with Crippen LogP contribution in [0.2, 0.25) is 0 Å². The molecule has 1 aliphatic carbocycles. The van der Waals surface area contributed by atoms with Crippen LogP contribution >= 0.6 is 0 Å². The number of ether oxygens (including phenoxy) is 2. The summed E-state index contributed by atoms with van der Waals surface area (Å²) in [6.45, 7) is 1.84. The zero-order chi connectivity index (χ0) is 28.3. The van der Waals surface area contributed by atoms with Gasteiger partial charge in [-0.2, -0.15) is 4.99 Å². The van der Waals surface area contributed by atoms with E-state index < -0.39 is 12.1 Å². The number of hydrogen-bond donors (Lipinski definition) is 2. The highest BCUT2D eigenvalue weighted by Gasteiger charge is 2.32. The van der Waals surface area contributed by atoms with E-state index in [2.05, 4.69) is 10.3 Å². The molecule has 3 aromatic carbocycles. The Morgan fingerprint density at radius 3 is 2.30 bits per heavy atom. The van der Waals surface area contributed by atoms with Crippen molar-refractivity contribution in [1.82, 2.24) is 5.32 Å². The first-order valence-corrected chi connectivity index (χ1v) is 13.6. The molecule has 4 rings (SSSR count). The average Bonchev–Trinajstić information content (AvgIpc) is 3.44. The quantitative estimate of drug-likeness (QED) is 0.261. The lowest BCUT2D eigenvalue weighted by molar-refractivity contribution is -0.129. The van der Waals surface area contributed by atoms with Gasteiger partial charge in [-0.1, -0.05) is 72.8 Å². The van der Waals surface area contributed by atoms with Crippen molar-refractivity contribution in [3.05, 3.63) is 102 Å². The number of aryl methyl sites for hydroxylation is 1. The van der Waals surface area contributed by atoms with Gasteiger partial charge in [0.05, 0.1) is 12.1 Å². The molecule has 3 atom stereocenters. The monoisotopic (exact) mass is 541 g/mol. The Balaban J connectivity index is 1.18. The largest absolute Gasteiger partial charge is 0.490 e. The van der Waals surface area contributed by atoms with Crippen molar-refractivity contribution in [2.24, 2.45) is 16.6 Å². The van der Waals surface area contributed by atoms with Gasteiger partial charge in [0.25, 0.3) is 0 Å². The van der Waals surface area contributed by atoms with Gasteiger partial charge in [-0.15, -0.1) is 0 Å². The second-order valence-corrected chi connectivity index (χ2v) is 9.99. The molecule has 0 heterocycles. The third kappa shape index (κ3) is 8.53. The molecule has 0 unspecified atom stereocenters. The predicted octanol–water partition coefficient (Wildman–Crippen LogP) is 4.98. The first-order valence-electron chi connectivity index (χ1n) is 13.6. The molecule has 1 fully saturated rings. The van der Waals surface area contributed by atoms with E-state index in [0.29, 0.717) is 24.8 Å². The van der Waals surface area contributed by atoms with E-state index in [1.807, 2.05) is 72.8 Å². The van der Waals surface area contributed by atoms with Gasteiger partial charge in [0.1, 0.15) is 18.2 Å². The lowest BCUT2D eigenvalue weighted by Crippen LogP contribution is -2.41. The minimum Gasteiger partial charge on any atom is -0.490 e. The van der Waals surface area contributed by atoms with Crippen LogP contribution in [0.1, 0.15) is 49.3 Å². The Kier molecular flexibility index (Phi) is 10.0. The summed E-state index contributed by atoms with van der Waals surface area (Å²) in [6, 6.07) is 25.5. The number of amidine groups is 1. The van der Waals surface area contributed by atoms with Crippen LogP contribution in [0.4, 0.5) is 4.79 Å². The van der Waals surface area contributed by atoms with Gasteiger partial charge in [0, 0.05) is 17.9 Å². The molecule has 0 spiro atoms. The lowest BCUT2D eigenvalue weighted by atomic mass is 10.0. The van der Waals surface area contributed by atoms with E-state index in [0.717, 1.165) is 29.7 Å². The number of nitrogens with zero attached hydrogens (tertiary/aromatic N) is 1. The van der Waals surface area contributed by atoms with Crippen LogP contribution in [0.5, 0.6) is 5.75 Å². The highest BCUT2D eigenvalue weighted by Crippen LogP contribution is 2.29. The molecule has 8 heteroatoms. The summed E-state index contributed by atoms with van der Waals surface area (Å²) >= 11 is 0. The first-order chi connectivity index (χ1) is 19.4. The summed E-state index contributed by atoms with van der Waals surface area (Å²) in [7, 11) is 0. The molecule has 8 nitrogen and oxygen atoms in total. The van der Waals surface area contributed by atoms with Gasteiger partial charge in [-0.25, -0.2) is 4.79 Å². The molecule has 0 saturated heterocycles. The zero-order valence-electron chi connectivity index (χ0n) is 22.6. The van der Waals surface area contributed by atoms with E-state index in [1.165, 1.54) is 0 Å². The second-order valence-electron chi connectivity index (χ2n) is 9.99. The minimum absolute atomic E-state index is 0.00569. The summed E-state index contributed by atoms with van der Waals surface area (Å²) in [4.78, 5) is 41.3. The van der Waals surface area contributed by atoms with Crippen LogP contribution in [0.3, 0.4) is 0 Å². The molecular weight excluding hydrogens is 506 g/mol. The SMILES string of the molecule is C[C@H](NC(=O)[C@@H]1CC[C@@H](Oc2ccccc2)C1)C(=O)CCc1ccc(C(N)=NC(=O)OCc2ccccc2)cc1. The highest BCUT2D eigenvalue weighted by molar-refractivity contribution is 6.02. The minimum atomic E-state index is -0.760. The number of benzene rings is 3. The maximum absolute atomic E-state index is 12.7. The van der Waals surface area contributed by atoms with Gasteiger partial charge in [0.2, 0.25) is 5.91 Å². The van der Waals surface area contributed by atoms with Gasteiger partial charge >= 0.3 is 6.09 Å². The van der Waals surface area contributed by atoms with Crippen LogP contribution in [-0.2, 0) is 27.4 Å². The molecule has 1 saturated carbocycles. The Bertz CT molecular complexity index is 1310. The number of carbonyl (C=O) groups is 3. The van der Waals surface area contributed by atoms with Crippen LogP contribution in [0.25, 0.3) is 0 Å². The van der Waals surface area contributed by atoms with E-state index >= 15 is 0 Å². The second kappa shape index (κ2) is 14.1. The summed E-state index contributed by atoms with van der Waals surface area (Å²) in [5, 5.41) is 2.89. The Morgan fingerprint density at radius 2 is 1.60 bits per heavy atom. The zero-order valence-corrected chi connectivity index (χ0v) is 22.6. The van der Waals surface area contributed by atoms with Crippen molar-refractivity contribution < 1.29 is 23.9 Å². The number of nitrogens with one attached hydrogen (secondary N) is 1. The molecule has 2 amide bonds. The van der Waals surface area contributed by atoms with Crippen molar-refractivity contribution in [2.75, 3.05) is 0 Å². The van der Waals surface area contributed by atoms with Crippen molar-refractivity contribution in [3.8, 4) is 5.75 Å². The Morgan fingerprint density at radius 1 is 0.925 bits per heavy atom. The van der Waals surface area contributed by atoms with Crippen LogP contribution < -0.4 is 15.8 Å². The maximum Gasteiger partial charge on any atom is 0.435 e. The molecule has 3 aromatic rings. The number of rotatable bonds is 11. The number of hydrogen-bond acceptors (Lipinski definition) is 5. The van der Waals surface area contributed by atoms with E-state index in [-0.39, 0.29) is 36.2 Å². The maximum atomic E-state index is 12.7. The molecule has 208 valence electrons. The molecule has 0 aromatic heterocycles. The molecular formula is C32H35N3O5. The van der Waals surface area contributed by atoms with Crippen LogP contribution in [-0.4, -0.2) is 35.8 Å². The topological polar surface area (TPSA) is 120 Å². The number of amides is 2. The number of nitrogens with two attached hydrogens (primary N) is 1. The third-order valence-corrected chi connectivity index (χ3v) is 6.97. The number of para-hydroxylation sites is 1. The normalized spacial score (nSPS) is 17.6. The van der Waals surface area contributed by atoms with Gasteiger partial charge < -0.3 is 20.5 Å². The van der Waals surface area contributed by atoms with Gasteiger partial charge in [-0.3, -0.25) is 9.59 Å². The molecule has 3 N–H and O–H groups in total. The summed E-state index contributed by atoms with van der Waals surface area (Å²) < 4.78 is 11.1. The van der Waals surface area contributed by atoms with Gasteiger partial charge in [-0.05, 0) is 55.9 Å². The fraction of sp³-hybridized carbons (Fsp3) is 0.312. The van der Waals surface area contributed by atoms with Crippen LogP contribution in [0, 0.1) is 5.92 Å². The molecule has 40 heavy (non-hydrogen) atoms. The smallest absolute Gasteiger partial charge is 0.435 e. The Hall–Kier alpha value is -4.46. The fourth-order valence-corrected chi connectivity index (χ4v) is 4.63. The average molecular weight is 542 g/mol. The van der Waals surface area contributed by atoms with Crippen LogP contribution in [0.15, 0.2) is 89.9 Å². The standard InChI is InChI=1S/C32H35N3O5/c1-22(34-31(37)26-17-18-28(20-26)40-27-10-6-3-7-11-27)29(36)19-14-23-12-15-25(16-13-23)30(33)35-32(38)39-21-24-8-4-2-5-9-24/h2-13,15-16,22,26,28H,14,17-21H2,1H3,(H,34,37)(H2,33,35,38)/t22-,26+,28+/m0/s1. The molecule has 0 bridgehead atoms. The molecule has 0 radical (unpaired) electrons.